The Balaban J connectivity index is 1.61. The highest BCUT2D eigenvalue weighted by atomic mass is 32.2. The zero-order chi connectivity index (χ0) is 20.4. The molecule has 0 amide bonds. The fraction of sp³-hybridized carbons (Fsp3) is 0.261. The van der Waals surface area contributed by atoms with Crippen LogP contribution in [0.25, 0.3) is 11.0 Å². The molecule has 0 N–H and O–H groups in total. The van der Waals surface area contributed by atoms with Crippen LogP contribution in [0.4, 0.5) is 0 Å². The minimum absolute atomic E-state index is 0.316. The van der Waals surface area contributed by atoms with Crippen molar-refractivity contribution in [3.8, 4) is 0 Å². The number of aromatic nitrogens is 3. The number of benzene rings is 2. The number of nitrogens with zero attached hydrogens (tertiary/aromatic N) is 3. The zero-order valence-electron chi connectivity index (χ0n) is 16.8. The van der Waals surface area contributed by atoms with Crippen LogP contribution in [0.2, 0.25) is 0 Å². The van der Waals surface area contributed by atoms with E-state index in [-0.39, 0.29) is 5.63 Å². The molecule has 0 saturated carbocycles. The normalized spacial score (nSPS) is 11.3. The second-order valence-electron chi connectivity index (χ2n) is 7.07. The Hall–Kier alpha value is -2.86. The molecule has 0 aliphatic carbocycles. The molecule has 4 aromatic rings. The molecule has 0 spiro atoms. The van der Waals surface area contributed by atoms with E-state index in [0.29, 0.717) is 11.3 Å². The fourth-order valence-electron chi connectivity index (χ4n) is 3.44. The Kier molecular flexibility index (Phi) is 5.53. The standard InChI is InChI=1S/C23H23N3O2S/c1-4-26-20(12-17-8-6-5-7-9-17)24-25-23(26)29-14-18-13-21(27)28-22-16(3)15(2)10-11-19(18)22/h5-11,13H,4,12,14H2,1-3H3. The molecule has 0 aliphatic heterocycles. The van der Waals surface area contributed by atoms with E-state index in [2.05, 4.69) is 39.9 Å². The van der Waals surface area contributed by atoms with E-state index < -0.39 is 0 Å². The largest absolute Gasteiger partial charge is 0.422 e. The molecule has 0 fully saturated rings. The number of fused-ring (bicyclic) bond motifs is 1. The van der Waals surface area contributed by atoms with Gasteiger partial charge >= 0.3 is 5.63 Å². The van der Waals surface area contributed by atoms with Crippen molar-refractivity contribution in [1.29, 1.82) is 0 Å². The van der Waals surface area contributed by atoms with Gasteiger partial charge in [-0.25, -0.2) is 4.79 Å². The maximum atomic E-state index is 12.1. The topological polar surface area (TPSA) is 60.9 Å². The summed E-state index contributed by atoms with van der Waals surface area (Å²) in [6, 6.07) is 16.0. The van der Waals surface area contributed by atoms with Gasteiger partial charge in [-0.2, -0.15) is 0 Å². The summed E-state index contributed by atoms with van der Waals surface area (Å²) in [5.41, 5.74) is 4.65. The van der Waals surface area contributed by atoms with Gasteiger partial charge in [-0.05, 0) is 43.0 Å². The molecule has 29 heavy (non-hydrogen) atoms. The predicted octanol–water partition coefficient (Wildman–Crippen LogP) is 4.90. The minimum atomic E-state index is -0.316. The summed E-state index contributed by atoms with van der Waals surface area (Å²) in [6.07, 6.45) is 0.749. The molecule has 2 heterocycles. The first kappa shape index (κ1) is 19.5. The van der Waals surface area contributed by atoms with Crippen molar-refractivity contribution in [3.63, 3.8) is 0 Å². The van der Waals surface area contributed by atoms with Crippen molar-refractivity contribution in [2.45, 2.75) is 44.6 Å². The summed E-state index contributed by atoms with van der Waals surface area (Å²) < 4.78 is 7.62. The molecular formula is C23H23N3O2S. The highest BCUT2D eigenvalue weighted by Crippen LogP contribution is 2.28. The van der Waals surface area contributed by atoms with Gasteiger partial charge in [0.15, 0.2) is 5.16 Å². The van der Waals surface area contributed by atoms with Crippen LogP contribution >= 0.6 is 11.8 Å². The SMILES string of the molecule is CCn1c(Cc2ccccc2)nnc1SCc1cc(=O)oc2c(C)c(C)ccc12. The van der Waals surface area contributed by atoms with E-state index in [1.54, 1.807) is 17.8 Å². The van der Waals surface area contributed by atoms with E-state index >= 15 is 0 Å². The van der Waals surface area contributed by atoms with E-state index in [9.17, 15) is 4.79 Å². The maximum absolute atomic E-state index is 12.1. The fourth-order valence-corrected chi connectivity index (χ4v) is 4.45. The monoisotopic (exact) mass is 405 g/mol. The lowest BCUT2D eigenvalue weighted by molar-refractivity contribution is 0.557. The van der Waals surface area contributed by atoms with Gasteiger partial charge in [0.05, 0.1) is 0 Å². The molecule has 2 aromatic carbocycles. The quantitative estimate of drug-likeness (QED) is 0.337. The molecule has 2 aromatic heterocycles. The molecule has 148 valence electrons. The Morgan fingerprint density at radius 2 is 1.86 bits per heavy atom. The first-order valence-electron chi connectivity index (χ1n) is 9.68. The Bertz CT molecular complexity index is 1210. The number of rotatable bonds is 6. The van der Waals surface area contributed by atoms with E-state index in [1.165, 1.54) is 5.56 Å². The minimum Gasteiger partial charge on any atom is -0.422 e. The van der Waals surface area contributed by atoms with Crippen molar-refractivity contribution >= 4 is 22.7 Å². The average molecular weight is 406 g/mol. The second-order valence-corrected chi connectivity index (χ2v) is 8.01. The van der Waals surface area contributed by atoms with Gasteiger partial charge in [0.25, 0.3) is 0 Å². The Morgan fingerprint density at radius 1 is 1.07 bits per heavy atom. The van der Waals surface area contributed by atoms with Crippen molar-refractivity contribution in [2.75, 3.05) is 0 Å². The van der Waals surface area contributed by atoms with Crippen LogP contribution in [0.5, 0.6) is 0 Å². The zero-order valence-corrected chi connectivity index (χ0v) is 17.6. The van der Waals surface area contributed by atoms with Crippen LogP contribution in [0.1, 0.15) is 35.0 Å². The number of hydrogen-bond donors (Lipinski definition) is 0. The van der Waals surface area contributed by atoms with Crippen LogP contribution in [0.15, 0.2) is 62.9 Å². The molecule has 5 nitrogen and oxygen atoms in total. The van der Waals surface area contributed by atoms with E-state index in [4.69, 9.17) is 4.42 Å². The van der Waals surface area contributed by atoms with Crippen molar-refractivity contribution in [3.05, 3.63) is 87.0 Å². The van der Waals surface area contributed by atoms with Gasteiger partial charge in [0, 0.05) is 30.2 Å². The van der Waals surface area contributed by atoms with Gasteiger partial charge in [0.2, 0.25) is 0 Å². The molecule has 0 saturated heterocycles. The third kappa shape index (κ3) is 3.98. The summed E-state index contributed by atoms with van der Waals surface area (Å²) >= 11 is 1.60. The molecule has 0 radical (unpaired) electrons. The van der Waals surface area contributed by atoms with Crippen LogP contribution < -0.4 is 5.63 Å². The van der Waals surface area contributed by atoms with Gasteiger partial charge in [0.1, 0.15) is 11.4 Å². The summed E-state index contributed by atoms with van der Waals surface area (Å²) in [6.45, 7) is 6.91. The van der Waals surface area contributed by atoms with E-state index in [0.717, 1.165) is 46.0 Å². The van der Waals surface area contributed by atoms with Crippen LogP contribution in [-0.2, 0) is 18.7 Å². The highest BCUT2D eigenvalue weighted by Gasteiger charge is 2.14. The van der Waals surface area contributed by atoms with Crippen LogP contribution in [-0.4, -0.2) is 14.8 Å². The second kappa shape index (κ2) is 8.25. The first-order chi connectivity index (χ1) is 14.1. The average Bonchev–Trinajstić information content (AvgIpc) is 3.11. The van der Waals surface area contributed by atoms with Crippen LogP contribution in [0.3, 0.4) is 0 Å². The summed E-state index contributed by atoms with van der Waals surface area (Å²) in [5.74, 6) is 1.58. The summed E-state index contributed by atoms with van der Waals surface area (Å²) in [4.78, 5) is 12.1. The number of hydrogen-bond acceptors (Lipinski definition) is 5. The lowest BCUT2D eigenvalue weighted by atomic mass is 10.0. The molecular weight excluding hydrogens is 382 g/mol. The number of aryl methyl sites for hydroxylation is 2. The molecule has 0 bridgehead atoms. The highest BCUT2D eigenvalue weighted by molar-refractivity contribution is 7.98. The Morgan fingerprint density at radius 3 is 2.62 bits per heavy atom. The molecule has 0 unspecified atom stereocenters. The predicted molar refractivity (Wildman–Crippen MR) is 116 cm³/mol. The summed E-state index contributed by atoms with van der Waals surface area (Å²) in [7, 11) is 0. The van der Waals surface area contributed by atoms with Crippen molar-refractivity contribution in [1.82, 2.24) is 14.8 Å². The van der Waals surface area contributed by atoms with E-state index in [1.807, 2.05) is 38.1 Å². The first-order valence-corrected chi connectivity index (χ1v) is 10.7. The lowest BCUT2D eigenvalue weighted by Gasteiger charge is -2.10. The third-order valence-electron chi connectivity index (χ3n) is 5.19. The van der Waals surface area contributed by atoms with Gasteiger partial charge in [-0.15, -0.1) is 10.2 Å². The molecule has 0 atom stereocenters. The smallest absolute Gasteiger partial charge is 0.336 e. The van der Waals surface area contributed by atoms with Crippen molar-refractivity contribution in [2.24, 2.45) is 0 Å². The summed E-state index contributed by atoms with van der Waals surface area (Å²) in [5, 5.41) is 10.7. The van der Waals surface area contributed by atoms with Crippen LogP contribution in [0, 0.1) is 13.8 Å². The lowest BCUT2D eigenvalue weighted by Crippen LogP contribution is -2.05. The van der Waals surface area contributed by atoms with Crippen molar-refractivity contribution < 1.29 is 4.42 Å². The van der Waals surface area contributed by atoms with Gasteiger partial charge < -0.3 is 8.98 Å². The Labute approximate surface area is 173 Å². The molecule has 0 aliphatic rings. The number of thioether (sulfide) groups is 1. The molecule has 4 rings (SSSR count). The maximum Gasteiger partial charge on any atom is 0.336 e. The third-order valence-corrected chi connectivity index (χ3v) is 6.20. The van der Waals surface area contributed by atoms with Gasteiger partial charge in [-0.3, -0.25) is 0 Å². The molecule has 6 heteroatoms. The van der Waals surface area contributed by atoms with Gasteiger partial charge in [-0.1, -0.05) is 54.2 Å².